The van der Waals surface area contributed by atoms with Gasteiger partial charge in [0.05, 0.1) is 5.69 Å². The van der Waals surface area contributed by atoms with Crippen LogP contribution in [0.25, 0.3) is 87.7 Å². The predicted molar refractivity (Wildman–Crippen MR) is 222 cm³/mol. The molecule has 11 aromatic rings. The van der Waals surface area contributed by atoms with E-state index in [2.05, 4.69) is 169 Å². The number of benzene rings is 9. The van der Waals surface area contributed by atoms with Crippen molar-refractivity contribution in [1.82, 2.24) is 0 Å². The molecule has 0 unspecified atom stereocenters. The highest BCUT2D eigenvalue weighted by Crippen LogP contribution is 2.44. The van der Waals surface area contributed by atoms with E-state index in [1.165, 1.54) is 21.5 Å². The lowest BCUT2D eigenvalue weighted by atomic mass is 9.98. The van der Waals surface area contributed by atoms with Gasteiger partial charge in [-0.3, -0.25) is 0 Å². The first kappa shape index (κ1) is 29.6. The lowest BCUT2D eigenvalue weighted by Gasteiger charge is -2.28. The second-order valence-electron chi connectivity index (χ2n) is 13.7. The molecule has 0 aliphatic heterocycles. The van der Waals surface area contributed by atoms with Crippen molar-refractivity contribution >= 4 is 82.5 Å². The van der Waals surface area contributed by atoms with E-state index in [9.17, 15) is 0 Å². The topological polar surface area (TPSA) is 29.5 Å². The molecule has 2 heterocycles. The van der Waals surface area contributed by atoms with Gasteiger partial charge in [-0.25, -0.2) is 0 Å². The molecule has 9 aromatic carbocycles. The lowest BCUT2D eigenvalue weighted by Crippen LogP contribution is -2.10. The van der Waals surface area contributed by atoms with Gasteiger partial charge in [0.25, 0.3) is 0 Å². The SMILES string of the molecule is c1ccc2c(c1)cc(N(c1ccc(-c3cccc4c3oc3ccccc34)cc1)c1ccc(-c3cccc4c3oc3ccccc34)cc1)c1ccccc12. The molecular formula is C50H31NO2. The molecule has 3 nitrogen and oxygen atoms in total. The van der Waals surface area contributed by atoms with Crippen LogP contribution in [0.15, 0.2) is 197 Å². The first-order valence-corrected chi connectivity index (χ1v) is 18.0. The van der Waals surface area contributed by atoms with Crippen molar-refractivity contribution in [3.05, 3.63) is 188 Å². The van der Waals surface area contributed by atoms with Crippen molar-refractivity contribution in [2.45, 2.75) is 0 Å². The third-order valence-electron chi connectivity index (χ3n) is 10.7. The Hall–Kier alpha value is -7.10. The van der Waals surface area contributed by atoms with E-state index in [0.717, 1.165) is 83.2 Å². The highest BCUT2D eigenvalue weighted by molar-refractivity contribution is 6.15. The van der Waals surface area contributed by atoms with Crippen LogP contribution < -0.4 is 4.90 Å². The van der Waals surface area contributed by atoms with Gasteiger partial charge in [0, 0.05) is 49.4 Å². The van der Waals surface area contributed by atoms with Gasteiger partial charge in [-0.15, -0.1) is 0 Å². The number of hydrogen-bond acceptors (Lipinski definition) is 3. The maximum Gasteiger partial charge on any atom is 0.143 e. The van der Waals surface area contributed by atoms with Gasteiger partial charge < -0.3 is 13.7 Å². The first-order chi connectivity index (χ1) is 26.3. The normalized spacial score (nSPS) is 11.8. The predicted octanol–water partition coefficient (Wildman–Crippen LogP) is 14.6. The summed E-state index contributed by atoms with van der Waals surface area (Å²) in [6, 6.07) is 66.8. The summed E-state index contributed by atoms with van der Waals surface area (Å²) < 4.78 is 12.8. The minimum absolute atomic E-state index is 0.904. The third kappa shape index (κ3) is 4.68. The fraction of sp³-hybridized carbons (Fsp3) is 0. The van der Waals surface area contributed by atoms with Crippen LogP contribution in [0, 0.1) is 0 Å². The van der Waals surface area contributed by atoms with E-state index in [0.29, 0.717) is 0 Å². The van der Waals surface area contributed by atoms with Crippen molar-refractivity contribution in [3.8, 4) is 22.3 Å². The first-order valence-electron chi connectivity index (χ1n) is 18.0. The Morgan fingerprint density at radius 3 is 1.30 bits per heavy atom. The van der Waals surface area contributed by atoms with Gasteiger partial charge in [0.1, 0.15) is 22.3 Å². The quantitative estimate of drug-likeness (QED) is 0.170. The van der Waals surface area contributed by atoms with E-state index in [1.54, 1.807) is 0 Å². The van der Waals surface area contributed by atoms with Crippen LogP contribution in [0.5, 0.6) is 0 Å². The van der Waals surface area contributed by atoms with E-state index in [1.807, 2.05) is 24.3 Å². The fourth-order valence-corrected chi connectivity index (χ4v) is 8.18. The monoisotopic (exact) mass is 677 g/mol. The molecule has 0 spiro atoms. The van der Waals surface area contributed by atoms with Crippen molar-refractivity contribution in [1.29, 1.82) is 0 Å². The number of hydrogen-bond donors (Lipinski definition) is 0. The minimum atomic E-state index is 0.904. The molecule has 0 saturated carbocycles. The molecular weight excluding hydrogens is 647 g/mol. The zero-order chi connectivity index (χ0) is 34.9. The third-order valence-corrected chi connectivity index (χ3v) is 10.7. The number of rotatable bonds is 5. The van der Waals surface area contributed by atoms with Crippen LogP contribution in [0.4, 0.5) is 17.1 Å². The zero-order valence-corrected chi connectivity index (χ0v) is 28.7. The van der Waals surface area contributed by atoms with Gasteiger partial charge in [0.2, 0.25) is 0 Å². The summed E-state index contributed by atoms with van der Waals surface area (Å²) in [7, 11) is 0. The molecule has 248 valence electrons. The van der Waals surface area contributed by atoms with Crippen molar-refractivity contribution < 1.29 is 8.83 Å². The smallest absolute Gasteiger partial charge is 0.143 e. The number of para-hydroxylation sites is 4. The lowest BCUT2D eigenvalue weighted by molar-refractivity contribution is 0.669. The summed E-state index contributed by atoms with van der Waals surface area (Å²) in [4.78, 5) is 2.38. The second kappa shape index (κ2) is 11.7. The van der Waals surface area contributed by atoms with Crippen LogP contribution in [0.1, 0.15) is 0 Å². The molecule has 2 aromatic heterocycles. The van der Waals surface area contributed by atoms with Crippen LogP contribution >= 0.6 is 0 Å². The average Bonchev–Trinajstić information content (AvgIpc) is 3.80. The van der Waals surface area contributed by atoms with Gasteiger partial charge in [0.15, 0.2) is 0 Å². The maximum absolute atomic E-state index is 6.42. The highest BCUT2D eigenvalue weighted by atomic mass is 16.3. The summed E-state index contributed by atoms with van der Waals surface area (Å²) in [5.41, 5.74) is 11.3. The summed E-state index contributed by atoms with van der Waals surface area (Å²) in [5.74, 6) is 0. The molecule has 3 heteroatoms. The van der Waals surface area contributed by atoms with Gasteiger partial charge in [-0.1, -0.05) is 146 Å². The largest absolute Gasteiger partial charge is 0.455 e. The molecule has 0 saturated heterocycles. The molecule has 0 fully saturated rings. The van der Waals surface area contributed by atoms with E-state index >= 15 is 0 Å². The molecule has 0 aliphatic rings. The molecule has 11 rings (SSSR count). The molecule has 0 radical (unpaired) electrons. The number of nitrogens with zero attached hydrogens (tertiary/aromatic N) is 1. The van der Waals surface area contributed by atoms with E-state index in [4.69, 9.17) is 8.83 Å². The molecule has 0 bridgehead atoms. The van der Waals surface area contributed by atoms with Crippen molar-refractivity contribution in [2.75, 3.05) is 4.90 Å². The standard InChI is InChI=1S/C50H31NO2/c1-2-12-37-34(11-1)31-46(41-14-4-3-13-40(37)41)51(35-27-23-32(24-28-35)38-17-9-19-44-42-15-5-7-21-47(42)52-49(38)44)36-29-25-33(26-30-36)39-18-10-20-45-43-16-6-8-22-48(43)53-50(39)45/h1-31H. The number of anilines is 3. The van der Waals surface area contributed by atoms with Gasteiger partial charge in [-0.05, 0) is 69.8 Å². The van der Waals surface area contributed by atoms with E-state index < -0.39 is 0 Å². The number of fused-ring (bicyclic) bond motifs is 9. The molecule has 0 aliphatic carbocycles. The highest BCUT2D eigenvalue weighted by Gasteiger charge is 2.19. The van der Waals surface area contributed by atoms with Crippen LogP contribution in [0.3, 0.4) is 0 Å². The van der Waals surface area contributed by atoms with Crippen LogP contribution in [-0.2, 0) is 0 Å². The Labute approximate surface area is 305 Å². The Morgan fingerprint density at radius 1 is 0.321 bits per heavy atom. The molecule has 0 atom stereocenters. The Bertz CT molecular complexity index is 3010. The molecule has 0 amide bonds. The van der Waals surface area contributed by atoms with Crippen LogP contribution in [0.2, 0.25) is 0 Å². The summed E-state index contributed by atoms with van der Waals surface area (Å²) >= 11 is 0. The van der Waals surface area contributed by atoms with Gasteiger partial charge >= 0.3 is 0 Å². The van der Waals surface area contributed by atoms with E-state index in [-0.39, 0.29) is 0 Å². The van der Waals surface area contributed by atoms with Gasteiger partial charge in [-0.2, -0.15) is 0 Å². The second-order valence-corrected chi connectivity index (χ2v) is 13.7. The summed E-state index contributed by atoms with van der Waals surface area (Å²) in [6.45, 7) is 0. The Morgan fingerprint density at radius 2 is 0.755 bits per heavy atom. The Kier molecular flexibility index (Phi) is 6.55. The fourth-order valence-electron chi connectivity index (χ4n) is 8.18. The summed E-state index contributed by atoms with van der Waals surface area (Å²) in [5, 5.41) is 9.40. The molecule has 53 heavy (non-hydrogen) atoms. The minimum Gasteiger partial charge on any atom is -0.455 e. The Balaban J connectivity index is 1.07. The number of furan rings is 2. The average molecular weight is 678 g/mol. The zero-order valence-electron chi connectivity index (χ0n) is 28.7. The van der Waals surface area contributed by atoms with Crippen molar-refractivity contribution in [2.24, 2.45) is 0 Å². The van der Waals surface area contributed by atoms with Crippen LogP contribution in [-0.4, -0.2) is 0 Å². The summed E-state index contributed by atoms with van der Waals surface area (Å²) in [6.07, 6.45) is 0. The maximum atomic E-state index is 6.42. The van der Waals surface area contributed by atoms with Crippen molar-refractivity contribution in [3.63, 3.8) is 0 Å². The molecule has 0 N–H and O–H groups in total.